The first-order valence-corrected chi connectivity index (χ1v) is 5.06. The molecule has 0 fully saturated rings. The van der Waals surface area contributed by atoms with E-state index in [-0.39, 0.29) is 0 Å². The first-order valence-electron chi connectivity index (χ1n) is 2.82. The molecule has 0 rings (SSSR count). The lowest BCUT2D eigenvalue weighted by Gasteiger charge is -1.93. The highest BCUT2D eigenvalue weighted by molar-refractivity contribution is 9.14. The van der Waals surface area contributed by atoms with Crippen molar-refractivity contribution in [3.8, 4) is 0 Å². The first kappa shape index (κ1) is 9.99. The predicted octanol–water partition coefficient (Wildman–Crippen LogP) is 4.03. The molecule has 0 saturated carbocycles. The van der Waals surface area contributed by atoms with Crippen LogP contribution in [0, 0.1) is 0 Å². The van der Waals surface area contributed by atoms with E-state index in [0.29, 0.717) is 0 Å². The second kappa shape index (κ2) is 7.10. The zero-order valence-corrected chi connectivity index (χ0v) is 8.97. The normalized spacial score (nSPS) is 12.1. The number of hydrogen-bond donors (Lipinski definition) is 0. The van der Waals surface area contributed by atoms with Crippen molar-refractivity contribution in [1.29, 1.82) is 0 Å². The van der Waals surface area contributed by atoms with Crippen molar-refractivity contribution in [3.63, 3.8) is 0 Å². The molecular weight excluding hydrogens is 267 g/mol. The zero-order chi connectivity index (χ0) is 7.11. The zero-order valence-electron chi connectivity index (χ0n) is 5.04. The SMILES string of the molecule is ClCCCC/C(Br)=C/Br. The molecule has 0 amide bonds. The molecule has 0 N–H and O–H groups in total. The Balaban J connectivity index is 3.07. The van der Waals surface area contributed by atoms with Crippen LogP contribution < -0.4 is 0 Å². The second-order valence-electron chi connectivity index (χ2n) is 1.70. The maximum absolute atomic E-state index is 5.48. The lowest BCUT2D eigenvalue weighted by atomic mass is 10.2. The standard InChI is InChI=1S/C6H9Br2Cl/c7-5-6(8)3-1-2-4-9/h5H,1-4H2/b6-5-. The Bertz CT molecular complexity index is 91.1. The molecule has 3 heteroatoms. The predicted molar refractivity (Wildman–Crippen MR) is 50.5 cm³/mol. The fourth-order valence-electron chi connectivity index (χ4n) is 0.443. The fourth-order valence-corrected chi connectivity index (χ4v) is 1.14. The van der Waals surface area contributed by atoms with Gasteiger partial charge in [0.25, 0.3) is 0 Å². The van der Waals surface area contributed by atoms with E-state index < -0.39 is 0 Å². The third-order valence-electron chi connectivity index (χ3n) is 0.918. The largest absolute Gasteiger partial charge is 0.127 e. The monoisotopic (exact) mass is 274 g/mol. The third kappa shape index (κ3) is 6.88. The van der Waals surface area contributed by atoms with Gasteiger partial charge < -0.3 is 0 Å². The molecule has 0 saturated heterocycles. The Morgan fingerprint density at radius 2 is 2.11 bits per heavy atom. The molecule has 0 heterocycles. The number of rotatable bonds is 4. The third-order valence-corrected chi connectivity index (χ3v) is 2.98. The lowest BCUT2D eigenvalue weighted by molar-refractivity contribution is 0.816. The van der Waals surface area contributed by atoms with Gasteiger partial charge in [0.05, 0.1) is 0 Å². The Kier molecular flexibility index (Phi) is 7.88. The molecule has 0 aliphatic heterocycles. The number of alkyl halides is 1. The molecule has 0 aliphatic carbocycles. The molecule has 0 aromatic rings. The minimum atomic E-state index is 0.766. The highest BCUT2D eigenvalue weighted by Gasteiger charge is 1.89. The topological polar surface area (TPSA) is 0 Å². The Morgan fingerprint density at radius 1 is 1.44 bits per heavy atom. The van der Waals surface area contributed by atoms with Crippen molar-refractivity contribution < 1.29 is 0 Å². The van der Waals surface area contributed by atoms with Crippen molar-refractivity contribution in [1.82, 2.24) is 0 Å². The van der Waals surface area contributed by atoms with Crippen molar-refractivity contribution >= 4 is 43.5 Å². The van der Waals surface area contributed by atoms with E-state index in [1.165, 1.54) is 4.48 Å². The Labute approximate surface area is 77.9 Å². The minimum absolute atomic E-state index is 0.766. The van der Waals surface area contributed by atoms with Gasteiger partial charge in [-0.2, -0.15) is 0 Å². The summed E-state index contributed by atoms with van der Waals surface area (Å²) in [7, 11) is 0. The van der Waals surface area contributed by atoms with Crippen LogP contribution in [0.1, 0.15) is 19.3 Å². The van der Waals surface area contributed by atoms with E-state index in [0.717, 1.165) is 25.1 Å². The van der Waals surface area contributed by atoms with Crippen LogP contribution in [0.15, 0.2) is 9.47 Å². The molecular formula is C6H9Br2Cl. The molecule has 0 aromatic carbocycles. The van der Waals surface area contributed by atoms with E-state index >= 15 is 0 Å². The number of unbranched alkanes of at least 4 members (excludes halogenated alkanes) is 1. The molecule has 0 nitrogen and oxygen atoms in total. The molecule has 9 heavy (non-hydrogen) atoms. The van der Waals surface area contributed by atoms with Gasteiger partial charge in [0.15, 0.2) is 0 Å². The Morgan fingerprint density at radius 3 is 2.56 bits per heavy atom. The van der Waals surface area contributed by atoms with Crippen LogP contribution in [0.4, 0.5) is 0 Å². The maximum Gasteiger partial charge on any atom is 0.0223 e. The summed E-state index contributed by atoms with van der Waals surface area (Å²) in [5, 5.41) is 0. The molecule has 0 unspecified atom stereocenters. The quantitative estimate of drug-likeness (QED) is 0.537. The summed E-state index contributed by atoms with van der Waals surface area (Å²) in [5.74, 6) is 0.766. The minimum Gasteiger partial charge on any atom is -0.127 e. The first-order chi connectivity index (χ1) is 4.31. The van der Waals surface area contributed by atoms with Crippen LogP contribution in [0.2, 0.25) is 0 Å². The van der Waals surface area contributed by atoms with Crippen molar-refractivity contribution in [3.05, 3.63) is 9.47 Å². The smallest absolute Gasteiger partial charge is 0.0223 e. The summed E-state index contributed by atoms with van der Waals surface area (Å²) >= 11 is 12.1. The summed E-state index contributed by atoms with van der Waals surface area (Å²) in [5.41, 5.74) is 0. The van der Waals surface area contributed by atoms with Gasteiger partial charge in [-0.15, -0.1) is 11.6 Å². The summed E-state index contributed by atoms with van der Waals surface area (Å²) in [6, 6.07) is 0. The number of allylic oxidation sites excluding steroid dienone is 1. The van der Waals surface area contributed by atoms with Gasteiger partial charge in [-0.05, 0) is 24.2 Å². The maximum atomic E-state index is 5.48. The molecule has 0 aromatic heterocycles. The lowest BCUT2D eigenvalue weighted by Crippen LogP contribution is -1.76. The summed E-state index contributed by atoms with van der Waals surface area (Å²) in [4.78, 5) is 1.89. The van der Waals surface area contributed by atoms with Gasteiger partial charge in [-0.3, -0.25) is 0 Å². The van der Waals surface area contributed by atoms with Gasteiger partial charge in [-0.25, -0.2) is 0 Å². The van der Waals surface area contributed by atoms with Gasteiger partial charge in [0.2, 0.25) is 0 Å². The van der Waals surface area contributed by atoms with Crippen LogP contribution in [0.25, 0.3) is 0 Å². The van der Waals surface area contributed by atoms with E-state index in [1.54, 1.807) is 0 Å². The molecule has 54 valence electrons. The molecule has 0 radical (unpaired) electrons. The second-order valence-corrected chi connectivity index (χ2v) is 3.56. The highest BCUT2D eigenvalue weighted by Crippen LogP contribution is 2.15. The summed E-state index contributed by atoms with van der Waals surface area (Å²) in [6.45, 7) is 0. The Hall–Kier alpha value is 0.990. The van der Waals surface area contributed by atoms with Crippen LogP contribution in [0.5, 0.6) is 0 Å². The number of hydrogen-bond acceptors (Lipinski definition) is 0. The van der Waals surface area contributed by atoms with Gasteiger partial charge in [0, 0.05) is 10.4 Å². The van der Waals surface area contributed by atoms with Crippen molar-refractivity contribution in [2.75, 3.05) is 5.88 Å². The van der Waals surface area contributed by atoms with Crippen LogP contribution >= 0.6 is 43.5 Å². The van der Waals surface area contributed by atoms with Gasteiger partial charge in [0.1, 0.15) is 0 Å². The molecule has 0 bridgehead atoms. The van der Waals surface area contributed by atoms with Gasteiger partial charge >= 0.3 is 0 Å². The summed E-state index contributed by atoms with van der Waals surface area (Å²) in [6.07, 6.45) is 3.33. The van der Waals surface area contributed by atoms with Crippen molar-refractivity contribution in [2.45, 2.75) is 19.3 Å². The van der Waals surface area contributed by atoms with Crippen LogP contribution in [-0.4, -0.2) is 5.88 Å². The van der Waals surface area contributed by atoms with Crippen molar-refractivity contribution in [2.24, 2.45) is 0 Å². The summed E-state index contributed by atoms with van der Waals surface area (Å²) < 4.78 is 1.20. The number of halogens is 3. The van der Waals surface area contributed by atoms with E-state index in [4.69, 9.17) is 11.6 Å². The average Bonchev–Trinajstić information content (AvgIpc) is 1.89. The van der Waals surface area contributed by atoms with E-state index in [9.17, 15) is 0 Å². The fraction of sp³-hybridized carbons (Fsp3) is 0.667. The van der Waals surface area contributed by atoms with Gasteiger partial charge in [-0.1, -0.05) is 31.9 Å². The van der Waals surface area contributed by atoms with Crippen LogP contribution in [0.3, 0.4) is 0 Å². The highest BCUT2D eigenvalue weighted by atomic mass is 79.9. The molecule has 0 spiro atoms. The molecule has 0 atom stereocenters. The van der Waals surface area contributed by atoms with Crippen LogP contribution in [-0.2, 0) is 0 Å². The molecule has 0 aliphatic rings. The average molecular weight is 276 g/mol. The van der Waals surface area contributed by atoms with E-state index in [2.05, 4.69) is 31.9 Å². The van der Waals surface area contributed by atoms with E-state index in [1.807, 2.05) is 4.99 Å².